The van der Waals surface area contributed by atoms with Crippen LogP contribution in [-0.2, 0) is 9.59 Å². The number of carbonyl (C=O) groups is 2. The van der Waals surface area contributed by atoms with Crippen LogP contribution in [0.1, 0.15) is 19.3 Å². The van der Waals surface area contributed by atoms with Crippen molar-refractivity contribution >= 4 is 23.3 Å². The van der Waals surface area contributed by atoms with Crippen LogP contribution in [0.5, 0.6) is 0 Å². The summed E-state index contributed by atoms with van der Waals surface area (Å²) in [5, 5.41) is 25.3. The van der Waals surface area contributed by atoms with E-state index in [0.29, 0.717) is 12.8 Å². The third-order valence-electron chi connectivity index (χ3n) is 3.72. The number of nitro groups is 1. The largest absolute Gasteiger partial charge is 0.481 e. The number of nitro benzene ring substituents is 1. The summed E-state index contributed by atoms with van der Waals surface area (Å²) in [6, 6.07) is 5.65. The molecule has 0 saturated heterocycles. The molecule has 1 aliphatic rings. The van der Waals surface area contributed by atoms with Crippen LogP contribution in [0.2, 0.25) is 0 Å². The lowest BCUT2D eigenvalue weighted by Gasteiger charge is -2.17. The van der Waals surface area contributed by atoms with Crippen LogP contribution in [0.4, 0.5) is 11.4 Å². The summed E-state index contributed by atoms with van der Waals surface area (Å²) >= 11 is 0. The second-order valence-electron chi connectivity index (χ2n) is 5.18. The van der Waals surface area contributed by atoms with E-state index >= 15 is 0 Å². The molecule has 8 nitrogen and oxygen atoms in total. The molecule has 1 amide bonds. The minimum absolute atomic E-state index is 0.112. The number of hydrogen-bond acceptors (Lipinski definition) is 5. The van der Waals surface area contributed by atoms with Crippen molar-refractivity contribution in [3.63, 3.8) is 0 Å². The number of nitrogens with one attached hydrogen (secondary N) is 2. The minimum Gasteiger partial charge on any atom is -0.481 e. The summed E-state index contributed by atoms with van der Waals surface area (Å²) in [6.07, 6.45) is 1.95. The molecule has 0 bridgehead atoms. The lowest BCUT2D eigenvalue weighted by molar-refractivity contribution is -0.383. The van der Waals surface area contributed by atoms with Crippen LogP contribution in [-0.4, -0.2) is 34.5 Å². The van der Waals surface area contributed by atoms with E-state index in [4.69, 9.17) is 5.11 Å². The summed E-state index contributed by atoms with van der Waals surface area (Å²) < 4.78 is 0. The number of nitrogens with zero attached hydrogens (tertiary/aromatic N) is 1. The predicted octanol–water partition coefficient (Wildman–Crippen LogP) is 1.38. The van der Waals surface area contributed by atoms with Crippen molar-refractivity contribution in [2.24, 2.45) is 5.92 Å². The van der Waals surface area contributed by atoms with Gasteiger partial charge in [-0.3, -0.25) is 19.7 Å². The first kappa shape index (κ1) is 15.7. The van der Waals surface area contributed by atoms with E-state index in [2.05, 4.69) is 10.6 Å². The van der Waals surface area contributed by atoms with Gasteiger partial charge in [-0.15, -0.1) is 0 Å². The van der Waals surface area contributed by atoms with Crippen LogP contribution in [0.15, 0.2) is 24.3 Å². The van der Waals surface area contributed by atoms with E-state index in [0.717, 1.165) is 6.42 Å². The molecule has 0 radical (unpaired) electrons. The van der Waals surface area contributed by atoms with Gasteiger partial charge in [-0.05, 0) is 18.9 Å². The molecular formula is C14H17N3O5. The molecular weight excluding hydrogens is 290 g/mol. The van der Waals surface area contributed by atoms with E-state index in [-0.39, 0.29) is 29.9 Å². The quantitative estimate of drug-likeness (QED) is 0.539. The van der Waals surface area contributed by atoms with Crippen molar-refractivity contribution in [2.75, 3.05) is 11.9 Å². The number of aliphatic carboxylic acids is 1. The molecule has 1 aliphatic carbocycles. The summed E-state index contributed by atoms with van der Waals surface area (Å²) in [5.74, 6) is -1.85. The van der Waals surface area contributed by atoms with Gasteiger partial charge in [-0.25, -0.2) is 0 Å². The first-order chi connectivity index (χ1) is 10.5. The SMILES string of the molecule is O=C(CNc1ccccc1[N+](=O)[O-])N[C@H]1CCC[C@H]1C(=O)O. The Morgan fingerprint density at radius 3 is 2.73 bits per heavy atom. The Morgan fingerprint density at radius 1 is 1.32 bits per heavy atom. The fraction of sp³-hybridized carbons (Fsp3) is 0.429. The molecule has 0 aromatic heterocycles. The van der Waals surface area contributed by atoms with Gasteiger partial charge in [0, 0.05) is 12.1 Å². The molecule has 1 aromatic rings. The van der Waals surface area contributed by atoms with Gasteiger partial charge in [-0.2, -0.15) is 0 Å². The third kappa shape index (κ3) is 3.72. The van der Waals surface area contributed by atoms with E-state index in [1.54, 1.807) is 12.1 Å². The molecule has 22 heavy (non-hydrogen) atoms. The van der Waals surface area contributed by atoms with E-state index in [1.807, 2.05) is 0 Å². The molecule has 0 heterocycles. The second-order valence-corrected chi connectivity index (χ2v) is 5.18. The molecule has 2 rings (SSSR count). The Hall–Kier alpha value is -2.64. The lowest BCUT2D eigenvalue weighted by atomic mass is 10.0. The van der Waals surface area contributed by atoms with E-state index in [9.17, 15) is 19.7 Å². The first-order valence-electron chi connectivity index (χ1n) is 6.98. The van der Waals surface area contributed by atoms with Gasteiger partial charge in [0.2, 0.25) is 5.91 Å². The number of carbonyl (C=O) groups excluding carboxylic acids is 1. The summed E-state index contributed by atoms with van der Waals surface area (Å²) in [6.45, 7) is -0.145. The van der Waals surface area contributed by atoms with E-state index < -0.39 is 16.8 Å². The standard InChI is InChI=1S/C14H17N3O5/c18-13(16-10-6-3-4-9(10)14(19)20)8-15-11-5-1-2-7-12(11)17(21)22/h1-2,5,7,9-10,15H,3-4,6,8H2,(H,16,18)(H,19,20)/t9-,10+/m1/s1. The van der Waals surface area contributed by atoms with Crippen molar-refractivity contribution in [1.82, 2.24) is 5.32 Å². The highest BCUT2D eigenvalue weighted by atomic mass is 16.6. The van der Waals surface area contributed by atoms with Gasteiger partial charge in [0.25, 0.3) is 5.69 Å². The highest BCUT2D eigenvalue weighted by Crippen LogP contribution is 2.26. The molecule has 0 unspecified atom stereocenters. The molecule has 1 saturated carbocycles. The van der Waals surface area contributed by atoms with Crippen LogP contribution < -0.4 is 10.6 Å². The van der Waals surface area contributed by atoms with Crippen molar-refractivity contribution in [2.45, 2.75) is 25.3 Å². The maximum Gasteiger partial charge on any atom is 0.308 e. The molecule has 8 heteroatoms. The fourth-order valence-corrected chi connectivity index (χ4v) is 2.64. The summed E-state index contributed by atoms with van der Waals surface area (Å²) in [7, 11) is 0. The molecule has 2 atom stereocenters. The topological polar surface area (TPSA) is 122 Å². The highest BCUT2D eigenvalue weighted by Gasteiger charge is 2.33. The summed E-state index contributed by atoms with van der Waals surface area (Å²) in [4.78, 5) is 33.3. The normalized spacial score (nSPS) is 20.4. The number of rotatable bonds is 6. The molecule has 0 aliphatic heterocycles. The monoisotopic (exact) mass is 307 g/mol. The van der Waals surface area contributed by atoms with Crippen molar-refractivity contribution in [1.29, 1.82) is 0 Å². The van der Waals surface area contributed by atoms with Crippen LogP contribution in [0, 0.1) is 16.0 Å². The molecule has 3 N–H and O–H groups in total. The second kappa shape index (κ2) is 6.88. The maximum absolute atomic E-state index is 11.9. The zero-order valence-corrected chi connectivity index (χ0v) is 11.8. The van der Waals surface area contributed by atoms with Gasteiger partial charge in [0.15, 0.2) is 0 Å². The van der Waals surface area contributed by atoms with Crippen LogP contribution in [0.25, 0.3) is 0 Å². The Balaban J connectivity index is 1.91. The van der Waals surface area contributed by atoms with Gasteiger partial charge in [0.05, 0.1) is 17.4 Å². The number of benzene rings is 1. The minimum atomic E-state index is -0.908. The van der Waals surface area contributed by atoms with Gasteiger partial charge >= 0.3 is 5.97 Å². The van der Waals surface area contributed by atoms with Gasteiger partial charge in [0.1, 0.15) is 5.69 Å². The van der Waals surface area contributed by atoms with Crippen molar-refractivity contribution in [3.8, 4) is 0 Å². The van der Waals surface area contributed by atoms with Crippen LogP contribution in [0.3, 0.4) is 0 Å². The Labute approximate surface area is 126 Å². The van der Waals surface area contributed by atoms with Crippen molar-refractivity contribution in [3.05, 3.63) is 34.4 Å². The molecule has 1 fully saturated rings. The van der Waals surface area contributed by atoms with Crippen LogP contribution >= 0.6 is 0 Å². The Bertz CT molecular complexity index is 590. The molecule has 0 spiro atoms. The van der Waals surface area contributed by atoms with Crippen molar-refractivity contribution < 1.29 is 19.6 Å². The number of carboxylic acids is 1. The zero-order valence-electron chi connectivity index (χ0n) is 11.8. The smallest absolute Gasteiger partial charge is 0.308 e. The van der Waals surface area contributed by atoms with Gasteiger partial charge < -0.3 is 15.7 Å². The first-order valence-corrected chi connectivity index (χ1v) is 6.98. The van der Waals surface area contributed by atoms with Gasteiger partial charge in [-0.1, -0.05) is 18.6 Å². The number of para-hydroxylation sites is 2. The molecule has 118 valence electrons. The zero-order chi connectivity index (χ0) is 16.1. The average Bonchev–Trinajstić information content (AvgIpc) is 2.93. The number of amides is 1. The molecule has 1 aromatic carbocycles. The highest BCUT2D eigenvalue weighted by molar-refractivity contribution is 5.83. The maximum atomic E-state index is 11.9. The number of hydrogen-bond donors (Lipinski definition) is 3. The average molecular weight is 307 g/mol. The Kier molecular flexibility index (Phi) is 4.92. The lowest BCUT2D eigenvalue weighted by Crippen LogP contribution is -2.42. The third-order valence-corrected chi connectivity index (χ3v) is 3.72. The number of anilines is 1. The fourth-order valence-electron chi connectivity index (χ4n) is 2.64. The number of carboxylic acid groups (broad SMARTS) is 1. The summed E-state index contributed by atoms with van der Waals surface area (Å²) in [5.41, 5.74) is 0.142. The van der Waals surface area contributed by atoms with E-state index in [1.165, 1.54) is 12.1 Å². The predicted molar refractivity (Wildman–Crippen MR) is 78.5 cm³/mol. The Morgan fingerprint density at radius 2 is 2.05 bits per heavy atom.